The minimum Gasteiger partial charge on any atom is -0.454 e. The number of esters is 1. The minimum atomic E-state index is -0.511. The van der Waals surface area contributed by atoms with Gasteiger partial charge in [0.25, 0.3) is 0 Å². The molecule has 2 heterocycles. The molecule has 0 unspecified atom stereocenters. The summed E-state index contributed by atoms with van der Waals surface area (Å²) in [5.74, 6) is -0.735. The summed E-state index contributed by atoms with van der Waals surface area (Å²) < 4.78 is 5.45. The standard InChI is InChI=1S/C24H22N2O3/c1-4-18-22(14(2)16-9-5-7-11-19(16)26-18)24(28)29-13-21(27)23-15(3)25-20-12-8-6-10-17(20)23/h5-12,25H,4,13H2,1-3H3. The fourth-order valence-corrected chi connectivity index (χ4v) is 3.88. The highest BCUT2D eigenvalue weighted by Gasteiger charge is 2.22. The van der Waals surface area contributed by atoms with E-state index in [1.54, 1.807) is 0 Å². The first-order valence-electron chi connectivity index (χ1n) is 9.67. The lowest BCUT2D eigenvalue weighted by atomic mass is 10.0. The first-order chi connectivity index (χ1) is 14.0. The second-order valence-corrected chi connectivity index (χ2v) is 7.10. The van der Waals surface area contributed by atoms with Crippen molar-refractivity contribution in [1.29, 1.82) is 0 Å². The van der Waals surface area contributed by atoms with Crippen molar-refractivity contribution >= 4 is 33.6 Å². The van der Waals surface area contributed by atoms with Gasteiger partial charge in [-0.05, 0) is 38.0 Å². The second-order valence-electron chi connectivity index (χ2n) is 7.10. The van der Waals surface area contributed by atoms with E-state index in [0.717, 1.165) is 33.1 Å². The van der Waals surface area contributed by atoms with Crippen molar-refractivity contribution in [3.63, 3.8) is 0 Å². The number of aromatic amines is 1. The van der Waals surface area contributed by atoms with Gasteiger partial charge in [0.15, 0.2) is 6.61 Å². The van der Waals surface area contributed by atoms with E-state index in [1.807, 2.05) is 69.3 Å². The molecule has 0 aliphatic carbocycles. The van der Waals surface area contributed by atoms with Crippen molar-refractivity contribution in [2.75, 3.05) is 6.61 Å². The van der Waals surface area contributed by atoms with Gasteiger partial charge in [-0.3, -0.25) is 9.78 Å². The van der Waals surface area contributed by atoms with Crippen LogP contribution < -0.4 is 0 Å². The predicted molar refractivity (Wildman–Crippen MR) is 114 cm³/mol. The van der Waals surface area contributed by atoms with E-state index in [2.05, 4.69) is 9.97 Å². The Bertz CT molecular complexity index is 1250. The van der Waals surface area contributed by atoms with Gasteiger partial charge in [-0.2, -0.15) is 0 Å². The molecule has 0 fully saturated rings. The van der Waals surface area contributed by atoms with Crippen molar-refractivity contribution in [1.82, 2.24) is 9.97 Å². The smallest absolute Gasteiger partial charge is 0.340 e. The van der Waals surface area contributed by atoms with Gasteiger partial charge in [0, 0.05) is 27.5 Å². The summed E-state index contributed by atoms with van der Waals surface area (Å²) in [6.07, 6.45) is 0.603. The number of carbonyl (C=O) groups is 2. The molecule has 0 saturated carbocycles. The molecular formula is C24H22N2O3. The van der Waals surface area contributed by atoms with Crippen LogP contribution in [-0.4, -0.2) is 28.3 Å². The topological polar surface area (TPSA) is 72.0 Å². The van der Waals surface area contributed by atoms with Gasteiger partial charge in [-0.1, -0.05) is 43.3 Å². The van der Waals surface area contributed by atoms with Crippen LogP contribution in [0.4, 0.5) is 0 Å². The molecule has 5 heteroatoms. The Morgan fingerprint density at radius 1 is 0.966 bits per heavy atom. The normalized spacial score (nSPS) is 11.1. The van der Waals surface area contributed by atoms with E-state index < -0.39 is 5.97 Å². The molecule has 1 N–H and O–H groups in total. The molecule has 4 aromatic rings. The first-order valence-corrected chi connectivity index (χ1v) is 9.67. The number of nitrogens with zero attached hydrogens (tertiary/aromatic N) is 1. The minimum absolute atomic E-state index is 0.224. The summed E-state index contributed by atoms with van der Waals surface area (Å²) in [5, 5.41) is 1.75. The first kappa shape index (κ1) is 18.9. The number of para-hydroxylation sites is 2. The van der Waals surface area contributed by atoms with Gasteiger partial charge < -0.3 is 9.72 Å². The van der Waals surface area contributed by atoms with Crippen molar-refractivity contribution < 1.29 is 14.3 Å². The van der Waals surface area contributed by atoms with Crippen LogP contribution in [0.15, 0.2) is 48.5 Å². The fraction of sp³-hybridized carbons (Fsp3) is 0.208. The molecule has 0 aliphatic rings. The highest BCUT2D eigenvalue weighted by molar-refractivity contribution is 6.10. The van der Waals surface area contributed by atoms with Crippen LogP contribution >= 0.6 is 0 Å². The predicted octanol–water partition coefficient (Wildman–Crippen LogP) is 4.94. The summed E-state index contributed by atoms with van der Waals surface area (Å²) in [6.45, 7) is 5.39. The van der Waals surface area contributed by atoms with Gasteiger partial charge in [-0.25, -0.2) is 4.79 Å². The van der Waals surface area contributed by atoms with E-state index in [9.17, 15) is 9.59 Å². The van der Waals surface area contributed by atoms with E-state index in [1.165, 1.54) is 0 Å². The summed E-state index contributed by atoms with van der Waals surface area (Å²) in [5.41, 5.74) is 5.04. The molecule has 0 amide bonds. The number of pyridine rings is 1. The van der Waals surface area contributed by atoms with Crippen LogP contribution in [0.5, 0.6) is 0 Å². The molecule has 2 aromatic carbocycles. The lowest BCUT2D eigenvalue weighted by Gasteiger charge is -2.13. The number of fused-ring (bicyclic) bond motifs is 2. The Hall–Kier alpha value is -3.47. The number of aryl methyl sites for hydroxylation is 3. The average molecular weight is 386 g/mol. The largest absolute Gasteiger partial charge is 0.454 e. The quantitative estimate of drug-likeness (QED) is 0.390. The molecule has 5 nitrogen and oxygen atoms in total. The number of hydrogen-bond donors (Lipinski definition) is 1. The number of nitrogens with one attached hydrogen (secondary N) is 1. The molecule has 2 aromatic heterocycles. The van der Waals surface area contributed by atoms with Crippen molar-refractivity contribution in [2.45, 2.75) is 27.2 Å². The second kappa shape index (κ2) is 7.51. The molecule has 0 spiro atoms. The molecule has 0 radical (unpaired) electrons. The zero-order chi connectivity index (χ0) is 20.5. The highest BCUT2D eigenvalue weighted by Crippen LogP contribution is 2.25. The number of carbonyl (C=O) groups excluding carboxylic acids is 2. The number of ether oxygens (including phenoxy) is 1. The number of ketones is 1. The molecule has 146 valence electrons. The number of hydrogen-bond acceptors (Lipinski definition) is 4. The third-order valence-corrected chi connectivity index (χ3v) is 5.27. The Morgan fingerprint density at radius 3 is 2.41 bits per heavy atom. The van der Waals surface area contributed by atoms with Gasteiger partial charge in [-0.15, -0.1) is 0 Å². The van der Waals surface area contributed by atoms with Crippen LogP contribution in [0.1, 0.15) is 44.6 Å². The van der Waals surface area contributed by atoms with Crippen LogP contribution in [0, 0.1) is 13.8 Å². The van der Waals surface area contributed by atoms with E-state index in [4.69, 9.17) is 4.74 Å². The van der Waals surface area contributed by atoms with E-state index in [-0.39, 0.29) is 12.4 Å². The van der Waals surface area contributed by atoms with Gasteiger partial charge in [0.05, 0.1) is 16.8 Å². The molecule has 0 saturated heterocycles. The Kier molecular flexibility index (Phi) is 4.89. The molecular weight excluding hydrogens is 364 g/mol. The van der Waals surface area contributed by atoms with Crippen LogP contribution in [0.3, 0.4) is 0 Å². The lowest BCUT2D eigenvalue weighted by molar-refractivity contribution is 0.0473. The van der Waals surface area contributed by atoms with E-state index in [0.29, 0.717) is 23.2 Å². The number of rotatable bonds is 5. The summed E-state index contributed by atoms with van der Waals surface area (Å²) in [7, 11) is 0. The molecule has 29 heavy (non-hydrogen) atoms. The van der Waals surface area contributed by atoms with Gasteiger partial charge in [0.2, 0.25) is 5.78 Å². The third-order valence-electron chi connectivity index (χ3n) is 5.27. The molecule has 4 rings (SSSR count). The molecule has 0 bridgehead atoms. The molecule has 0 atom stereocenters. The number of benzene rings is 2. The maximum absolute atomic E-state index is 12.9. The third kappa shape index (κ3) is 3.29. The SMILES string of the molecule is CCc1nc2ccccc2c(C)c1C(=O)OCC(=O)c1c(C)[nH]c2ccccc12. The number of Topliss-reactive ketones (excluding diaryl/α,β-unsaturated/α-hetero) is 1. The maximum atomic E-state index is 12.9. The van der Waals surface area contributed by atoms with Crippen LogP contribution in [0.2, 0.25) is 0 Å². The zero-order valence-electron chi connectivity index (χ0n) is 16.7. The maximum Gasteiger partial charge on any atom is 0.340 e. The van der Waals surface area contributed by atoms with Crippen LogP contribution in [-0.2, 0) is 11.2 Å². The average Bonchev–Trinajstić information content (AvgIpc) is 3.07. The van der Waals surface area contributed by atoms with Crippen molar-refractivity contribution in [2.24, 2.45) is 0 Å². The number of aromatic nitrogens is 2. The van der Waals surface area contributed by atoms with Crippen molar-refractivity contribution in [3.8, 4) is 0 Å². The highest BCUT2D eigenvalue weighted by atomic mass is 16.5. The summed E-state index contributed by atoms with van der Waals surface area (Å²) in [4.78, 5) is 33.5. The molecule has 0 aliphatic heterocycles. The number of H-pyrrole nitrogens is 1. The Morgan fingerprint density at radius 2 is 1.66 bits per heavy atom. The van der Waals surface area contributed by atoms with E-state index >= 15 is 0 Å². The van der Waals surface area contributed by atoms with Crippen molar-refractivity contribution in [3.05, 3.63) is 76.6 Å². The fourth-order valence-electron chi connectivity index (χ4n) is 3.88. The summed E-state index contributed by atoms with van der Waals surface area (Å²) >= 11 is 0. The van der Waals surface area contributed by atoms with Crippen LogP contribution in [0.25, 0.3) is 21.8 Å². The van der Waals surface area contributed by atoms with Gasteiger partial charge in [0.1, 0.15) is 0 Å². The Labute approximate surface area is 168 Å². The monoisotopic (exact) mass is 386 g/mol. The van der Waals surface area contributed by atoms with Gasteiger partial charge >= 0.3 is 5.97 Å². The lowest BCUT2D eigenvalue weighted by Crippen LogP contribution is -2.17. The zero-order valence-corrected chi connectivity index (χ0v) is 16.7. The summed E-state index contributed by atoms with van der Waals surface area (Å²) in [6, 6.07) is 15.3. The Balaban J connectivity index is 1.62.